The highest BCUT2D eigenvalue weighted by atomic mass is 16.5. The Morgan fingerprint density at radius 1 is 1.03 bits per heavy atom. The van der Waals surface area contributed by atoms with Gasteiger partial charge >= 0.3 is 5.97 Å². The Bertz CT molecular complexity index is 993. The molecule has 2 aliphatic rings. The van der Waals surface area contributed by atoms with Gasteiger partial charge in [-0.2, -0.15) is 0 Å². The average molecular weight is 392 g/mol. The largest absolute Gasteiger partial charge is 0.426 e. The zero-order chi connectivity index (χ0) is 20.4. The molecule has 0 fully saturated rings. The SMILES string of the molecule is CN1CCc2c1cc(OC(=O)CCCCCN1C(=O)C=CC1=O)c1ccccc21. The van der Waals surface area contributed by atoms with Gasteiger partial charge in [-0.3, -0.25) is 19.3 Å². The maximum atomic E-state index is 12.4. The molecule has 0 radical (unpaired) electrons. The first-order valence-corrected chi connectivity index (χ1v) is 10.0. The molecule has 0 aromatic heterocycles. The number of hydrogen-bond donors (Lipinski definition) is 0. The molecule has 4 rings (SSSR count). The van der Waals surface area contributed by atoms with E-state index < -0.39 is 0 Å². The molecule has 6 heteroatoms. The van der Waals surface area contributed by atoms with Gasteiger partial charge in [-0.25, -0.2) is 0 Å². The number of amides is 2. The molecular formula is C23H24N2O4. The van der Waals surface area contributed by atoms with Crippen LogP contribution in [0.4, 0.5) is 5.69 Å². The van der Waals surface area contributed by atoms with Crippen molar-refractivity contribution in [1.29, 1.82) is 0 Å². The Kier molecular flexibility index (Phi) is 5.34. The number of ether oxygens (including phenoxy) is 1. The van der Waals surface area contributed by atoms with Crippen molar-refractivity contribution in [2.75, 3.05) is 25.0 Å². The van der Waals surface area contributed by atoms with Crippen LogP contribution in [0.25, 0.3) is 10.8 Å². The summed E-state index contributed by atoms with van der Waals surface area (Å²) in [5.41, 5.74) is 2.43. The Labute approximate surface area is 169 Å². The molecule has 0 bridgehead atoms. The third kappa shape index (κ3) is 3.88. The first-order valence-electron chi connectivity index (χ1n) is 10.0. The van der Waals surface area contributed by atoms with E-state index in [1.165, 1.54) is 22.6 Å². The van der Waals surface area contributed by atoms with Crippen LogP contribution in [-0.2, 0) is 20.8 Å². The standard InChI is InChI=1S/C23H24N2O4/c1-24-14-12-17-16-7-4-5-8-18(16)20(15-19(17)24)29-23(28)9-3-2-6-13-25-21(26)10-11-22(25)27/h4-5,7-8,10-11,15H,2-3,6,9,12-14H2,1H3. The average Bonchev–Trinajstić information content (AvgIpc) is 3.24. The minimum Gasteiger partial charge on any atom is -0.426 e. The smallest absolute Gasteiger partial charge is 0.311 e. The van der Waals surface area contributed by atoms with Gasteiger partial charge in [0, 0.05) is 55.9 Å². The number of anilines is 1. The number of imide groups is 1. The topological polar surface area (TPSA) is 66.9 Å². The third-order valence-electron chi connectivity index (χ3n) is 5.59. The van der Waals surface area contributed by atoms with Gasteiger partial charge in [0.15, 0.2) is 0 Å². The normalized spacial score (nSPS) is 15.5. The highest BCUT2D eigenvalue weighted by molar-refractivity contribution is 6.12. The van der Waals surface area contributed by atoms with Crippen LogP contribution in [0.2, 0.25) is 0 Å². The van der Waals surface area contributed by atoms with E-state index in [1.807, 2.05) is 24.3 Å². The van der Waals surface area contributed by atoms with Gasteiger partial charge in [0.1, 0.15) is 5.75 Å². The van der Waals surface area contributed by atoms with Gasteiger partial charge in [0.25, 0.3) is 11.8 Å². The number of unbranched alkanes of at least 4 members (excludes halogenated alkanes) is 2. The molecule has 0 aliphatic carbocycles. The summed E-state index contributed by atoms with van der Waals surface area (Å²) in [6, 6.07) is 10.0. The van der Waals surface area contributed by atoms with Crippen molar-refractivity contribution in [3.63, 3.8) is 0 Å². The summed E-state index contributed by atoms with van der Waals surface area (Å²) in [4.78, 5) is 38.8. The second-order valence-electron chi connectivity index (χ2n) is 7.54. The Hall–Kier alpha value is -3.15. The Morgan fingerprint density at radius 3 is 2.52 bits per heavy atom. The lowest BCUT2D eigenvalue weighted by Gasteiger charge is -2.16. The zero-order valence-electron chi connectivity index (χ0n) is 16.5. The number of fused-ring (bicyclic) bond motifs is 3. The van der Waals surface area contributed by atoms with E-state index >= 15 is 0 Å². The van der Waals surface area contributed by atoms with Crippen molar-refractivity contribution in [3.05, 3.63) is 48.0 Å². The fourth-order valence-corrected chi connectivity index (χ4v) is 4.02. The number of likely N-dealkylation sites (N-methyl/N-ethyl adjacent to an activating group) is 1. The predicted molar refractivity (Wildman–Crippen MR) is 111 cm³/mol. The molecule has 0 spiro atoms. The van der Waals surface area contributed by atoms with E-state index in [0.717, 1.165) is 35.8 Å². The van der Waals surface area contributed by atoms with E-state index in [9.17, 15) is 14.4 Å². The maximum Gasteiger partial charge on any atom is 0.311 e. The molecule has 6 nitrogen and oxygen atoms in total. The van der Waals surface area contributed by atoms with Crippen LogP contribution in [-0.4, -0.2) is 42.8 Å². The van der Waals surface area contributed by atoms with Crippen LogP contribution in [0, 0.1) is 0 Å². The van der Waals surface area contributed by atoms with Crippen molar-refractivity contribution in [2.45, 2.75) is 32.1 Å². The van der Waals surface area contributed by atoms with Gasteiger partial charge in [0.2, 0.25) is 0 Å². The monoisotopic (exact) mass is 392 g/mol. The molecule has 0 saturated heterocycles. The second kappa shape index (κ2) is 8.07. The second-order valence-corrected chi connectivity index (χ2v) is 7.54. The summed E-state index contributed by atoms with van der Waals surface area (Å²) in [6.07, 6.45) is 5.97. The highest BCUT2D eigenvalue weighted by Gasteiger charge is 2.23. The molecule has 2 aliphatic heterocycles. The predicted octanol–water partition coefficient (Wildman–Crippen LogP) is 3.22. The van der Waals surface area contributed by atoms with Gasteiger partial charge in [-0.1, -0.05) is 30.7 Å². The van der Waals surface area contributed by atoms with Crippen LogP contribution in [0.5, 0.6) is 5.75 Å². The number of hydrogen-bond acceptors (Lipinski definition) is 5. The van der Waals surface area contributed by atoms with E-state index in [4.69, 9.17) is 4.74 Å². The van der Waals surface area contributed by atoms with E-state index in [-0.39, 0.29) is 17.8 Å². The summed E-state index contributed by atoms with van der Waals surface area (Å²) in [5.74, 6) is -0.172. The fraction of sp³-hybridized carbons (Fsp3) is 0.348. The van der Waals surface area contributed by atoms with Crippen molar-refractivity contribution in [2.24, 2.45) is 0 Å². The van der Waals surface area contributed by atoms with Gasteiger partial charge < -0.3 is 9.64 Å². The van der Waals surface area contributed by atoms with Gasteiger partial charge in [0.05, 0.1) is 0 Å². The van der Waals surface area contributed by atoms with E-state index in [0.29, 0.717) is 31.6 Å². The first-order chi connectivity index (χ1) is 14.0. The molecule has 0 unspecified atom stereocenters. The Morgan fingerprint density at radius 2 is 1.76 bits per heavy atom. The molecule has 0 saturated carbocycles. The van der Waals surface area contributed by atoms with Crippen LogP contribution < -0.4 is 9.64 Å². The van der Waals surface area contributed by atoms with Crippen molar-refractivity contribution >= 4 is 34.2 Å². The number of rotatable bonds is 7. The van der Waals surface area contributed by atoms with Crippen molar-refractivity contribution in [1.82, 2.24) is 4.90 Å². The lowest BCUT2D eigenvalue weighted by atomic mass is 10.0. The van der Waals surface area contributed by atoms with Crippen LogP contribution >= 0.6 is 0 Å². The molecule has 0 atom stereocenters. The minimum absolute atomic E-state index is 0.259. The fourth-order valence-electron chi connectivity index (χ4n) is 4.02. The summed E-state index contributed by atoms with van der Waals surface area (Å²) in [5, 5.41) is 2.11. The molecular weight excluding hydrogens is 368 g/mol. The number of benzene rings is 2. The number of esters is 1. The van der Waals surface area contributed by atoms with Crippen LogP contribution in [0.3, 0.4) is 0 Å². The molecule has 2 aromatic rings. The first kappa shape index (κ1) is 19.2. The molecule has 2 amide bonds. The van der Waals surface area contributed by atoms with Crippen LogP contribution in [0.15, 0.2) is 42.5 Å². The summed E-state index contributed by atoms with van der Waals surface area (Å²) < 4.78 is 5.72. The summed E-state index contributed by atoms with van der Waals surface area (Å²) >= 11 is 0. The molecule has 150 valence electrons. The molecule has 29 heavy (non-hydrogen) atoms. The summed E-state index contributed by atoms with van der Waals surface area (Å²) in [6.45, 7) is 1.36. The number of carbonyl (C=O) groups excluding carboxylic acids is 3. The number of nitrogens with zero attached hydrogens (tertiary/aromatic N) is 2. The third-order valence-corrected chi connectivity index (χ3v) is 5.59. The molecule has 0 N–H and O–H groups in total. The lowest BCUT2D eigenvalue weighted by Crippen LogP contribution is -2.30. The maximum absolute atomic E-state index is 12.4. The van der Waals surface area contributed by atoms with E-state index in [1.54, 1.807) is 0 Å². The van der Waals surface area contributed by atoms with E-state index in [2.05, 4.69) is 18.0 Å². The van der Waals surface area contributed by atoms with Crippen molar-refractivity contribution < 1.29 is 19.1 Å². The van der Waals surface area contributed by atoms with Crippen LogP contribution in [0.1, 0.15) is 31.2 Å². The van der Waals surface area contributed by atoms with Crippen molar-refractivity contribution in [3.8, 4) is 5.75 Å². The van der Waals surface area contributed by atoms with Gasteiger partial charge in [-0.15, -0.1) is 0 Å². The zero-order valence-corrected chi connectivity index (χ0v) is 16.5. The van der Waals surface area contributed by atoms with Gasteiger partial charge in [-0.05, 0) is 30.2 Å². The quantitative estimate of drug-likeness (QED) is 0.313. The highest BCUT2D eigenvalue weighted by Crippen LogP contribution is 2.39. The summed E-state index contributed by atoms with van der Waals surface area (Å²) in [7, 11) is 2.05. The minimum atomic E-state index is -0.261. The Balaban J connectivity index is 1.33. The number of carbonyl (C=O) groups is 3. The molecule has 2 aromatic carbocycles. The lowest BCUT2D eigenvalue weighted by molar-refractivity contribution is -0.137. The molecule has 2 heterocycles.